The van der Waals surface area contributed by atoms with E-state index in [0.29, 0.717) is 18.8 Å². The minimum absolute atomic E-state index is 0.0446. The van der Waals surface area contributed by atoms with Crippen molar-refractivity contribution < 1.29 is 19.4 Å². The van der Waals surface area contributed by atoms with Crippen molar-refractivity contribution in [3.63, 3.8) is 0 Å². The van der Waals surface area contributed by atoms with Gasteiger partial charge < -0.3 is 20.1 Å². The van der Waals surface area contributed by atoms with Gasteiger partial charge >= 0.3 is 12.0 Å². The van der Waals surface area contributed by atoms with Crippen molar-refractivity contribution in [1.82, 2.24) is 14.7 Å². The number of aliphatic carboxylic acids is 1. The summed E-state index contributed by atoms with van der Waals surface area (Å²) in [4.78, 5) is 24.4. The monoisotopic (exact) mass is 296 g/mol. The summed E-state index contributed by atoms with van der Waals surface area (Å²) in [7, 11) is 1.61. The lowest BCUT2D eigenvalue weighted by atomic mass is 10.4. The van der Waals surface area contributed by atoms with Crippen LogP contribution in [0.25, 0.3) is 0 Å². The zero-order chi connectivity index (χ0) is 15.2. The number of methoxy groups -OCH3 is 1. The van der Waals surface area contributed by atoms with Crippen LogP contribution in [0.5, 0.6) is 0 Å². The van der Waals surface area contributed by atoms with Gasteiger partial charge in [-0.2, -0.15) is 5.10 Å². The summed E-state index contributed by atoms with van der Waals surface area (Å²) in [6.45, 7) is 1.38. The van der Waals surface area contributed by atoms with E-state index in [9.17, 15) is 9.59 Å². The number of ether oxygens (including phenoxy) is 1. The second kappa shape index (κ2) is 7.07. The molecule has 21 heavy (non-hydrogen) atoms. The predicted molar refractivity (Wildman–Crippen MR) is 75.1 cm³/mol. The molecule has 1 aliphatic carbocycles. The highest BCUT2D eigenvalue weighted by Crippen LogP contribution is 2.27. The van der Waals surface area contributed by atoms with Crippen molar-refractivity contribution in [1.29, 1.82) is 0 Å². The van der Waals surface area contributed by atoms with Crippen molar-refractivity contribution in [2.75, 3.05) is 25.6 Å². The number of nitrogens with one attached hydrogen (secondary N) is 1. The first-order valence-electron chi connectivity index (χ1n) is 6.91. The third-order valence-electron chi connectivity index (χ3n) is 3.22. The Kier molecular flexibility index (Phi) is 5.15. The second-order valence-corrected chi connectivity index (χ2v) is 4.98. The number of hydrogen-bond donors (Lipinski definition) is 2. The zero-order valence-electron chi connectivity index (χ0n) is 12.0. The lowest BCUT2D eigenvalue weighted by molar-refractivity contribution is -0.137. The molecular formula is C13H20N4O4. The summed E-state index contributed by atoms with van der Waals surface area (Å²) < 4.78 is 6.63. The standard InChI is InChI=1S/C13H20N4O4/c1-21-7-6-16-9-10(8-14-16)15-13(20)17(11-2-3-11)5-4-12(18)19/h8-9,11H,2-7H2,1H3,(H,15,20)(H,18,19). The van der Waals surface area contributed by atoms with Crippen LogP contribution in [0, 0.1) is 0 Å². The molecule has 0 aliphatic heterocycles. The van der Waals surface area contributed by atoms with E-state index in [2.05, 4.69) is 10.4 Å². The van der Waals surface area contributed by atoms with Crippen LogP contribution in [-0.2, 0) is 16.1 Å². The molecule has 8 heteroatoms. The van der Waals surface area contributed by atoms with Crippen LogP contribution in [-0.4, -0.2) is 58.1 Å². The molecule has 0 bridgehead atoms. The molecule has 8 nitrogen and oxygen atoms in total. The van der Waals surface area contributed by atoms with Crippen LogP contribution in [0.15, 0.2) is 12.4 Å². The Morgan fingerprint density at radius 3 is 2.95 bits per heavy atom. The molecule has 0 aromatic carbocycles. The highest BCUT2D eigenvalue weighted by atomic mass is 16.5. The summed E-state index contributed by atoms with van der Waals surface area (Å²) >= 11 is 0. The fourth-order valence-corrected chi connectivity index (χ4v) is 1.98. The van der Waals surface area contributed by atoms with Gasteiger partial charge in [0.05, 0.1) is 31.5 Å². The summed E-state index contributed by atoms with van der Waals surface area (Å²) in [5, 5.41) is 15.6. The van der Waals surface area contributed by atoms with E-state index in [-0.39, 0.29) is 25.0 Å². The van der Waals surface area contributed by atoms with E-state index in [1.807, 2.05) is 0 Å². The molecule has 0 saturated heterocycles. The molecule has 0 unspecified atom stereocenters. The number of nitrogens with zero attached hydrogens (tertiary/aromatic N) is 3. The number of carboxylic acids is 1. The van der Waals surface area contributed by atoms with Crippen LogP contribution >= 0.6 is 0 Å². The van der Waals surface area contributed by atoms with Gasteiger partial charge in [0.2, 0.25) is 0 Å². The Morgan fingerprint density at radius 1 is 1.57 bits per heavy atom. The Hall–Kier alpha value is -2.09. The smallest absolute Gasteiger partial charge is 0.322 e. The molecule has 0 spiro atoms. The van der Waals surface area contributed by atoms with Crippen molar-refractivity contribution >= 4 is 17.7 Å². The van der Waals surface area contributed by atoms with Crippen LogP contribution < -0.4 is 5.32 Å². The molecule has 116 valence electrons. The van der Waals surface area contributed by atoms with E-state index in [1.165, 1.54) is 0 Å². The Morgan fingerprint density at radius 2 is 2.33 bits per heavy atom. The molecule has 2 rings (SSSR count). The first-order valence-corrected chi connectivity index (χ1v) is 6.91. The Balaban J connectivity index is 1.88. The summed E-state index contributed by atoms with van der Waals surface area (Å²) in [6.07, 6.45) is 5.10. The minimum atomic E-state index is -0.902. The van der Waals surface area contributed by atoms with E-state index in [0.717, 1.165) is 12.8 Å². The maximum Gasteiger partial charge on any atom is 0.322 e. The van der Waals surface area contributed by atoms with E-state index < -0.39 is 5.97 Å². The number of amides is 2. The lowest BCUT2D eigenvalue weighted by Crippen LogP contribution is -2.38. The molecule has 1 aromatic rings. The fourth-order valence-electron chi connectivity index (χ4n) is 1.98. The van der Waals surface area contributed by atoms with Gasteiger partial charge in [-0.05, 0) is 12.8 Å². The van der Waals surface area contributed by atoms with Gasteiger partial charge in [0.25, 0.3) is 0 Å². The number of urea groups is 1. The number of hydrogen-bond acceptors (Lipinski definition) is 4. The molecule has 1 saturated carbocycles. The van der Waals surface area contributed by atoms with Gasteiger partial charge in [0.15, 0.2) is 0 Å². The second-order valence-electron chi connectivity index (χ2n) is 4.98. The molecule has 1 heterocycles. The quantitative estimate of drug-likeness (QED) is 0.746. The number of anilines is 1. The summed E-state index contributed by atoms with van der Waals surface area (Å²) in [5.74, 6) is -0.902. The minimum Gasteiger partial charge on any atom is -0.481 e. The third kappa shape index (κ3) is 4.75. The first-order chi connectivity index (χ1) is 10.1. The van der Waals surface area contributed by atoms with Gasteiger partial charge in [0.1, 0.15) is 0 Å². The molecular weight excluding hydrogens is 276 g/mol. The first kappa shape index (κ1) is 15.3. The molecule has 2 N–H and O–H groups in total. The number of carbonyl (C=O) groups excluding carboxylic acids is 1. The van der Waals surface area contributed by atoms with Crippen LogP contribution in [0.1, 0.15) is 19.3 Å². The van der Waals surface area contributed by atoms with Crippen molar-refractivity contribution in [3.05, 3.63) is 12.4 Å². The van der Waals surface area contributed by atoms with Crippen molar-refractivity contribution in [3.8, 4) is 0 Å². The van der Waals surface area contributed by atoms with Crippen molar-refractivity contribution in [2.45, 2.75) is 31.8 Å². The lowest BCUT2D eigenvalue weighted by Gasteiger charge is -2.21. The zero-order valence-corrected chi connectivity index (χ0v) is 12.0. The highest BCUT2D eigenvalue weighted by molar-refractivity contribution is 5.89. The van der Waals surface area contributed by atoms with E-state index in [1.54, 1.807) is 29.1 Å². The Labute approximate surface area is 122 Å². The molecule has 2 amide bonds. The number of rotatable bonds is 8. The molecule has 0 atom stereocenters. The molecule has 0 radical (unpaired) electrons. The summed E-state index contributed by atoms with van der Waals surface area (Å²) in [5.41, 5.74) is 0.595. The van der Waals surface area contributed by atoms with Gasteiger partial charge in [-0.3, -0.25) is 9.48 Å². The highest BCUT2D eigenvalue weighted by Gasteiger charge is 2.32. The van der Waals surface area contributed by atoms with Gasteiger partial charge in [-0.15, -0.1) is 0 Å². The molecule has 1 aliphatic rings. The number of aromatic nitrogens is 2. The normalized spacial score (nSPS) is 14.0. The van der Waals surface area contributed by atoms with Gasteiger partial charge in [0, 0.05) is 25.9 Å². The van der Waals surface area contributed by atoms with E-state index in [4.69, 9.17) is 9.84 Å². The summed E-state index contributed by atoms with van der Waals surface area (Å²) in [6, 6.07) is -0.113. The van der Waals surface area contributed by atoms with Crippen LogP contribution in [0.3, 0.4) is 0 Å². The third-order valence-corrected chi connectivity index (χ3v) is 3.22. The molecule has 1 fully saturated rings. The average molecular weight is 296 g/mol. The topological polar surface area (TPSA) is 96.7 Å². The van der Waals surface area contributed by atoms with Gasteiger partial charge in [-0.1, -0.05) is 0 Å². The fraction of sp³-hybridized carbons (Fsp3) is 0.615. The predicted octanol–water partition coefficient (Wildman–Crippen LogP) is 1.00. The maximum atomic E-state index is 12.2. The van der Waals surface area contributed by atoms with Crippen molar-refractivity contribution in [2.24, 2.45) is 0 Å². The number of carbonyl (C=O) groups is 2. The maximum absolute atomic E-state index is 12.2. The SMILES string of the molecule is COCCn1cc(NC(=O)N(CCC(=O)O)C2CC2)cn1. The average Bonchev–Trinajstić information content (AvgIpc) is 3.17. The van der Waals surface area contributed by atoms with Crippen LogP contribution in [0.2, 0.25) is 0 Å². The Bertz CT molecular complexity index is 498. The molecule has 1 aromatic heterocycles. The number of carboxylic acid groups (broad SMARTS) is 1. The van der Waals surface area contributed by atoms with Gasteiger partial charge in [-0.25, -0.2) is 4.79 Å². The largest absolute Gasteiger partial charge is 0.481 e. The van der Waals surface area contributed by atoms with E-state index >= 15 is 0 Å². The van der Waals surface area contributed by atoms with Crippen LogP contribution in [0.4, 0.5) is 10.5 Å².